The second-order valence-corrected chi connectivity index (χ2v) is 8.68. The van der Waals surface area contributed by atoms with E-state index in [9.17, 15) is 9.59 Å². The molecule has 4 rings (SSSR count). The first-order valence-electron chi connectivity index (χ1n) is 11.4. The van der Waals surface area contributed by atoms with Gasteiger partial charge in [-0.05, 0) is 75.6 Å². The fourth-order valence-corrected chi connectivity index (χ4v) is 4.40. The Morgan fingerprint density at radius 1 is 1.18 bits per heavy atom. The van der Waals surface area contributed by atoms with Crippen molar-refractivity contribution in [2.24, 2.45) is 0 Å². The standard InChI is InChI=1S/C26H31N3O4/c1-5-32-14-7-13-27-25(31)26(4)17-28-20(23-8-6-15-33-23)11-12-21(28)24(30)29(26)22-16-18(2)9-10-19(22)3/h6,8-12,15-16H,5,7,13-14,17H2,1-4H3,(H,27,31)/t26-/m0/s1. The summed E-state index contributed by atoms with van der Waals surface area (Å²) in [6.45, 7) is 9.74. The number of anilines is 1. The molecule has 2 aromatic heterocycles. The van der Waals surface area contributed by atoms with Gasteiger partial charge >= 0.3 is 0 Å². The second kappa shape index (κ2) is 9.27. The van der Waals surface area contributed by atoms with E-state index in [1.54, 1.807) is 17.2 Å². The van der Waals surface area contributed by atoms with Gasteiger partial charge in [-0.2, -0.15) is 0 Å². The minimum absolute atomic E-state index is 0.196. The number of aryl methyl sites for hydroxylation is 2. The number of benzene rings is 1. The van der Waals surface area contributed by atoms with E-state index in [-0.39, 0.29) is 11.8 Å². The zero-order valence-corrected chi connectivity index (χ0v) is 19.7. The Kier molecular flexibility index (Phi) is 6.42. The number of carbonyl (C=O) groups excluding carboxylic acids is 2. The van der Waals surface area contributed by atoms with Gasteiger partial charge in [0, 0.05) is 25.4 Å². The van der Waals surface area contributed by atoms with Gasteiger partial charge in [-0.1, -0.05) is 12.1 Å². The fraction of sp³-hybridized carbons (Fsp3) is 0.385. The fourth-order valence-electron chi connectivity index (χ4n) is 4.40. The lowest BCUT2D eigenvalue weighted by Gasteiger charge is -2.44. The third-order valence-electron chi connectivity index (χ3n) is 6.19. The smallest absolute Gasteiger partial charge is 0.275 e. The SMILES string of the molecule is CCOCCCNC(=O)[C@]1(C)Cn2c(ccc2-c2ccco2)C(=O)N1c1cc(C)ccc1C. The summed E-state index contributed by atoms with van der Waals surface area (Å²) in [6.07, 6.45) is 2.31. The van der Waals surface area contributed by atoms with Crippen LogP contribution in [0.1, 0.15) is 41.9 Å². The molecule has 7 nitrogen and oxygen atoms in total. The number of ether oxygens (including phenoxy) is 1. The van der Waals surface area contributed by atoms with E-state index in [1.807, 2.05) is 68.7 Å². The number of rotatable bonds is 8. The first kappa shape index (κ1) is 22.9. The van der Waals surface area contributed by atoms with Crippen LogP contribution in [0.25, 0.3) is 11.5 Å². The monoisotopic (exact) mass is 449 g/mol. The molecule has 7 heteroatoms. The van der Waals surface area contributed by atoms with Gasteiger partial charge in [0.05, 0.1) is 18.5 Å². The molecule has 33 heavy (non-hydrogen) atoms. The summed E-state index contributed by atoms with van der Waals surface area (Å²) in [6, 6.07) is 13.3. The first-order valence-corrected chi connectivity index (χ1v) is 11.4. The Bertz CT molecular complexity index is 1150. The summed E-state index contributed by atoms with van der Waals surface area (Å²) >= 11 is 0. The molecule has 2 amide bonds. The highest BCUT2D eigenvalue weighted by Crippen LogP contribution is 2.38. The van der Waals surface area contributed by atoms with Crippen LogP contribution in [-0.4, -0.2) is 41.7 Å². The van der Waals surface area contributed by atoms with Crippen molar-refractivity contribution >= 4 is 17.5 Å². The summed E-state index contributed by atoms with van der Waals surface area (Å²) < 4.78 is 12.9. The van der Waals surface area contributed by atoms with Crippen LogP contribution < -0.4 is 10.2 Å². The van der Waals surface area contributed by atoms with Crippen molar-refractivity contribution in [3.05, 3.63) is 65.5 Å². The van der Waals surface area contributed by atoms with E-state index in [4.69, 9.17) is 9.15 Å². The van der Waals surface area contributed by atoms with Gasteiger partial charge in [0.2, 0.25) is 5.91 Å². The second-order valence-electron chi connectivity index (χ2n) is 8.68. The third kappa shape index (κ3) is 4.20. The van der Waals surface area contributed by atoms with E-state index < -0.39 is 5.54 Å². The molecule has 1 atom stereocenters. The van der Waals surface area contributed by atoms with Crippen molar-refractivity contribution in [1.29, 1.82) is 0 Å². The van der Waals surface area contributed by atoms with Crippen LogP contribution in [0.2, 0.25) is 0 Å². The number of fused-ring (bicyclic) bond motifs is 1. The lowest BCUT2D eigenvalue weighted by atomic mass is 9.92. The summed E-state index contributed by atoms with van der Waals surface area (Å²) in [7, 11) is 0. The van der Waals surface area contributed by atoms with Gasteiger partial charge < -0.3 is 19.0 Å². The zero-order chi connectivity index (χ0) is 23.6. The van der Waals surface area contributed by atoms with E-state index in [2.05, 4.69) is 5.32 Å². The van der Waals surface area contributed by atoms with Gasteiger partial charge in [0.25, 0.3) is 5.91 Å². The molecule has 0 radical (unpaired) electrons. The van der Waals surface area contributed by atoms with Gasteiger partial charge in [0.1, 0.15) is 17.0 Å². The molecule has 0 fully saturated rings. The summed E-state index contributed by atoms with van der Waals surface area (Å²) in [5, 5.41) is 3.03. The maximum Gasteiger partial charge on any atom is 0.275 e. The van der Waals surface area contributed by atoms with E-state index in [0.717, 1.165) is 22.5 Å². The van der Waals surface area contributed by atoms with Crippen molar-refractivity contribution in [2.45, 2.75) is 46.2 Å². The predicted octanol–water partition coefficient (Wildman–Crippen LogP) is 4.33. The number of amides is 2. The number of furan rings is 1. The lowest BCUT2D eigenvalue weighted by molar-refractivity contribution is -0.126. The molecule has 1 N–H and O–H groups in total. The Morgan fingerprint density at radius 2 is 1.97 bits per heavy atom. The summed E-state index contributed by atoms with van der Waals surface area (Å²) in [5.41, 5.74) is 2.90. The third-order valence-corrected chi connectivity index (χ3v) is 6.19. The van der Waals surface area contributed by atoms with Crippen LogP contribution >= 0.6 is 0 Å². The molecule has 3 aromatic rings. The molecular weight excluding hydrogens is 418 g/mol. The highest BCUT2D eigenvalue weighted by atomic mass is 16.5. The Hall–Kier alpha value is -3.32. The largest absolute Gasteiger partial charge is 0.463 e. The Labute approximate surface area is 194 Å². The molecule has 1 aromatic carbocycles. The summed E-state index contributed by atoms with van der Waals surface area (Å²) in [5.74, 6) is 0.256. The van der Waals surface area contributed by atoms with Crippen LogP contribution in [0, 0.1) is 13.8 Å². The van der Waals surface area contributed by atoms with Crippen molar-refractivity contribution in [1.82, 2.24) is 9.88 Å². The number of nitrogens with one attached hydrogen (secondary N) is 1. The number of hydrogen-bond donors (Lipinski definition) is 1. The molecule has 1 aliphatic heterocycles. The molecular formula is C26H31N3O4. The van der Waals surface area contributed by atoms with Crippen molar-refractivity contribution in [2.75, 3.05) is 24.7 Å². The van der Waals surface area contributed by atoms with E-state index in [1.165, 1.54) is 0 Å². The van der Waals surface area contributed by atoms with Crippen LogP contribution in [0.5, 0.6) is 0 Å². The van der Waals surface area contributed by atoms with Crippen LogP contribution in [0.3, 0.4) is 0 Å². The van der Waals surface area contributed by atoms with Gasteiger partial charge in [-0.25, -0.2) is 0 Å². The quantitative estimate of drug-likeness (QED) is 0.520. The molecule has 174 valence electrons. The minimum atomic E-state index is -1.13. The molecule has 0 bridgehead atoms. The maximum atomic E-state index is 13.9. The predicted molar refractivity (Wildman–Crippen MR) is 127 cm³/mol. The summed E-state index contributed by atoms with van der Waals surface area (Å²) in [4.78, 5) is 29.2. The number of carbonyl (C=O) groups is 2. The maximum absolute atomic E-state index is 13.9. The average molecular weight is 450 g/mol. The highest BCUT2D eigenvalue weighted by molar-refractivity contribution is 6.12. The lowest BCUT2D eigenvalue weighted by Crippen LogP contribution is -2.64. The van der Waals surface area contributed by atoms with Crippen LogP contribution in [0.4, 0.5) is 5.69 Å². The van der Waals surface area contributed by atoms with E-state index >= 15 is 0 Å². The average Bonchev–Trinajstić information content (AvgIpc) is 3.45. The van der Waals surface area contributed by atoms with Crippen molar-refractivity contribution < 1.29 is 18.7 Å². The molecule has 0 saturated heterocycles. The molecule has 0 saturated carbocycles. The van der Waals surface area contributed by atoms with Crippen LogP contribution in [0.15, 0.2) is 53.1 Å². The topological polar surface area (TPSA) is 76.7 Å². The molecule has 3 heterocycles. The normalized spacial score (nSPS) is 17.8. The van der Waals surface area contributed by atoms with Gasteiger partial charge in [0.15, 0.2) is 0 Å². The number of aromatic nitrogens is 1. The zero-order valence-electron chi connectivity index (χ0n) is 19.7. The first-order chi connectivity index (χ1) is 15.9. The number of nitrogens with zero attached hydrogens (tertiary/aromatic N) is 2. The number of hydrogen-bond acceptors (Lipinski definition) is 4. The van der Waals surface area contributed by atoms with Crippen molar-refractivity contribution in [3.63, 3.8) is 0 Å². The van der Waals surface area contributed by atoms with Gasteiger partial charge in [-0.15, -0.1) is 0 Å². The van der Waals surface area contributed by atoms with E-state index in [0.29, 0.717) is 44.2 Å². The van der Waals surface area contributed by atoms with Crippen molar-refractivity contribution in [3.8, 4) is 11.5 Å². The highest BCUT2D eigenvalue weighted by Gasteiger charge is 2.49. The molecule has 0 spiro atoms. The molecule has 1 aliphatic rings. The molecule has 0 aliphatic carbocycles. The van der Waals surface area contributed by atoms with Gasteiger partial charge in [-0.3, -0.25) is 14.5 Å². The Morgan fingerprint density at radius 3 is 2.70 bits per heavy atom. The van der Waals surface area contributed by atoms with Crippen LogP contribution in [-0.2, 0) is 16.1 Å². The molecule has 0 unspecified atom stereocenters. The Balaban J connectivity index is 1.76. The minimum Gasteiger partial charge on any atom is -0.463 e.